The summed E-state index contributed by atoms with van der Waals surface area (Å²) in [7, 11) is 0. The Balaban J connectivity index is 1.76. The second-order valence-corrected chi connectivity index (χ2v) is 6.77. The third-order valence-corrected chi connectivity index (χ3v) is 4.01. The molecule has 1 aliphatic rings. The fraction of sp³-hybridized carbons (Fsp3) is 0.733. The third kappa shape index (κ3) is 4.54. The van der Waals surface area contributed by atoms with Gasteiger partial charge in [0, 0.05) is 45.1 Å². The quantitative estimate of drug-likeness (QED) is 0.875. The Morgan fingerprint density at radius 2 is 1.95 bits per heavy atom. The molecule has 1 aliphatic heterocycles. The Morgan fingerprint density at radius 3 is 2.48 bits per heavy atom. The second-order valence-electron chi connectivity index (χ2n) is 6.77. The minimum absolute atomic E-state index is 0.104. The number of aromatic nitrogens is 2. The number of amides is 1. The molecular formula is C15H26N4O2. The summed E-state index contributed by atoms with van der Waals surface area (Å²) in [6, 6.07) is 1.82. The van der Waals surface area contributed by atoms with Crippen LogP contribution in [0.15, 0.2) is 18.5 Å². The van der Waals surface area contributed by atoms with E-state index in [0.29, 0.717) is 13.1 Å². The number of nitrogens with zero attached hydrogens (tertiary/aromatic N) is 4. The first-order chi connectivity index (χ1) is 9.86. The highest BCUT2D eigenvalue weighted by molar-refractivity contribution is 5.76. The van der Waals surface area contributed by atoms with E-state index in [9.17, 15) is 9.90 Å². The van der Waals surface area contributed by atoms with Crippen LogP contribution in [0, 0.1) is 5.41 Å². The predicted octanol–water partition coefficient (Wildman–Crippen LogP) is 0.434. The minimum atomic E-state index is -0.344. The summed E-state index contributed by atoms with van der Waals surface area (Å²) in [5, 5.41) is 14.2. The molecule has 1 saturated heterocycles. The predicted molar refractivity (Wildman–Crippen MR) is 80.7 cm³/mol. The van der Waals surface area contributed by atoms with Crippen molar-refractivity contribution in [2.75, 3.05) is 32.7 Å². The molecule has 1 fully saturated rings. The maximum absolute atomic E-state index is 12.2. The first-order valence-electron chi connectivity index (χ1n) is 7.52. The number of hydrogen-bond donors (Lipinski definition) is 1. The van der Waals surface area contributed by atoms with Gasteiger partial charge in [-0.1, -0.05) is 20.8 Å². The van der Waals surface area contributed by atoms with Crippen LogP contribution in [0.2, 0.25) is 0 Å². The van der Waals surface area contributed by atoms with Crippen molar-refractivity contribution in [1.82, 2.24) is 19.6 Å². The number of rotatable bonds is 4. The number of carbonyl (C=O) groups excluding carboxylic acids is 1. The monoisotopic (exact) mass is 294 g/mol. The van der Waals surface area contributed by atoms with E-state index in [2.05, 4.69) is 10.00 Å². The highest BCUT2D eigenvalue weighted by atomic mass is 16.3. The average Bonchev–Trinajstić information content (AvgIpc) is 2.91. The Bertz CT molecular complexity index is 445. The van der Waals surface area contributed by atoms with Crippen LogP contribution in [0.1, 0.15) is 20.8 Å². The molecule has 1 aromatic rings. The molecule has 0 spiro atoms. The molecule has 0 saturated carbocycles. The van der Waals surface area contributed by atoms with Crippen LogP contribution in [0.25, 0.3) is 0 Å². The van der Waals surface area contributed by atoms with Gasteiger partial charge in [0.15, 0.2) is 0 Å². The summed E-state index contributed by atoms with van der Waals surface area (Å²) in [6.07, 6.45) is 3.14. The number of aliphatic hydroxyl groups excluding tert-OH is 1. The molecule has 21 heavy (non-hydrogen) atoms. The van der Waals surface area contributed by atoms with Gasteiger partial charge in [0.05, 0.1) is 6.10 Å². The average molecular weight is 294 g/mol. The van der Waals surface area contributed by atoms with Crippen LogP contribution in [0.3, 0.4) is 0 Å². The lowest BCUT2D eigenvalue weighted by atomic mass is 9.89. The van der Waals surface area contributed by atoms with E-state index in [1.165, 1.54) is 0 Å². The molecule has 0 bridgehead atoms. The molecule has 0 radical (unpaired) electrons. The summed E-state index contributed by atoms with van der Waals surface area (Å²) in [4.78, 5) is 16.3. The van der Waals surface area contributed by atoms with E-state index in [0.717, 1.165) is 26.2 Å². The molecule has 1 atom stereocenters. The van der Waals surface area contributed by atoms with E-state index in [1.54, 1.807) is 17.1 Å². The third-order valence-electron chi connectivity index (χ3n) is 4.01. The zero-order valence-corrected chi connectivity index (χ0v) is 13.2. The molecule has 118 valence electrons. The number of aliphatic hydroxyl groups is 1. The van der Waals surface area contributed by atoms with Crippen LogP contribution in [-0.4, -0.2) is 69.4 Å². The number of hydrogen-bond acceptors (Lipinski definition) is 4. The molecule has 2 rings (SSSR count). The first kappa shape index (κ1) is 16.0. The molecule has 0 aliphatic carbocycles. The fourth-order valence-corrected chi connectivity index (χ4v) is 2.33. The standard InChI is InChI=1S/C15H26N4O2/c1-15(2,3)13(20)11-17-7-9-18(10-8-17)14(21)12-19-6-4-5-16-19/h4-6,13,20H,7-12H2,1-3H3. The van der Waals surface area contributed by atoms with Crippen LogP contribution in [-0.2, 0) is 11.3 Å². The Hall–Kier alpha value is -1.40. The van der Waals surface area contributed by atoms with Crippen molar-refractivity contribution in [3.05, 3.63) is 18.5 Å². The highest BCUT2D eigenvalue weighted by Gasteiger charge is 2.27. The maximum atomic E-state index is 12.2. The lowest BCUT2D eigenvalue weighted by molar-refractivity contribution is -0.134. The van der Waals surface area contributed by atoms with Gasteiger partial charge in [0.2, 0.25) is 5.91 Å². The molecule has 6 nitrogen and oxygen atoms in total. The van der Waals surface area contributed by atoms with Gasteiger partial charge in [-0.3, -0.25) is 14.4 Å². The van der Waals surface area contributed by atoms with E-state index >= 15 is 0 Å². The van der Waals surface area contributed by atoms with Crippen LogP contribution < -0.4 is 0 Å². The van der Waals surface area contributed by atoms with E-state index < -0.39 is 0 Å². The van der Waals surface area contributed by atoms with Crippen molar-refractivity contribution in [1.29, 1.82) is 0 Å². The number of piperazine rings is 1. The summed E-state index contributed by atoms with van der Waals surface area (Å²) in [6.45, 7) is 10.2. The van der Waals surface area contributed by atoms with Crippen molar-refractivity contribution in [3.63, 3.8) is 0 Å². The summed E-state index contributed by atoms with van der Waals surface area (Å²) < 4.78 is 1.65. The van der Waals surface area contributed by atoms with Crippen molar-refractivity contribution in [2.24, 2.45) is 5.41 Å². The van der Waals surface area contributed by atoms with Gasteiger partial charge in [-0.05, 0) is 11.5 Å². The van der Waals surface area contributed by atoms with Gasteiger partial charge in [0.25, 0.3) is 0 Å². The second kappa shape index (κ2) is 6.58. The molecule has 1 N–H and O–H groups in total. The molecule has 0 aromatic carbocycles. The maximum Gasteiger partial charge on any atom is 0.244 e. The zero-order valence-electron chi connectivity index (χ0n) is 13.2. The van der Waals surface area contributed by atoms with Crippen molar-refractivity contribution in [3.8, 4) is 0 Å². The summed E-state index contributed by atoms with van der Waals surface area (Å²) in [5.74, 6) is 0.106. The largest absolute Gasteiger partial charge is 0.391 e. The van der Waals surface area contributed by atoms with Crippen molar-refractivity contribution < 1.29 is 9.90 Å². The Kier molecular flexibility index (Phi) is 5.00. The Morgan fingerprint density at radius 1 is 1.29 bits per heavy atom. The van der Waals surface area contributed by atoms with Gasteiger partial charge < -0.3 is 10.0 Å². The normalized spacial score (nSPS) is 18.8. The fourth-order valence-electron chi connectivity index (χ4n) is 2.33. The van der Waals surface area contributed by atoms with Crippen LogP contribution >= 0.6 is 0 Å². The molecule has 6 heteroatoms. The van der Waals surface area contributed by atoms with Crippen molar-refractivity contribution >= 4 is 5.91 Å². The molecule has 1 amide bonds. The van der Waals surface area contributed by atoms with Gasteiger partial charge in [-0.25, -0.2) is 0 Å². The summed E-state index contributed by atoms with van der Waals surface area (Å²) >= 11 is 0. The minimum Gasteiger partial charge on any atom is -0.391 e. The Labute approximate surface area is 126 Å². The van der Waals surface area contributed by atoms with E-state index in [4.69, 9.17) is 0 Å². The lowest BCUT2D eigenvalue weighted by Gasteiger charge is -2.38. The van der Waals surface area contributed by atoms with Crippen LogP contribution in [0.4, 0.5) is 0 Å². The molecular weight excluding hydrogens is 268 g/mol. The number of β-amino-alcohol motifs (C(OH)–C–C–N with tert-alkyl or cyclic N) is 1. The number of carbonyl (C=O) groups is 1. The molecule has 1 aromatic heterocycles. The van der Waals surface area contributed by atoms with E-state index in [1.807, 2.05) is 31.7 Å². The topological polar surface area (TPSA) is 61.6 Å². The van der Waals surface area contributed by atoms with Crippen LogP contribution in [0.5, 0.6) is 0 Å². The van der Waals surface area contributed by atoms with Crippen molar-refractivity contribution in [2.45, 2.75) is 33.4 Å². The molecule has 2 heterocycles. The summed E-state index contributed by atoms with van der Waals surface area (Å²) in [5.41, 5.74) is -0.104. The van der Waals surface area contributed by atoms with Gasteiger partial charge in [-0.2, -0.15) is 5.10 Å². The molecule has 1 unspecified atom stereocenters. The van der Waals surface area contributed by atoms with Gasteiger partial charge in [-0.15, -0.1) is 0 Å². The van der Waals surface area contributed by atoms with E-state index in [-0.39, 0.29) is 17.4 Å². The van der Waals surface area contributed by atoms with Gasteiger partial charge in [0.1, 0.15) is 6.54 Å². The first-order valence-corrected chi connectivity index (χ1v) is 7.52. The zero-order chi connectivity index (χ0) is 15.5. The lowest BCUT2D eigenvalue weighted by Crippen LogP contribution is -2.52. The van der Waals surface area contributed by atoms with Gasteiger partial charge >= 0.3 is 0 Å². The smallest absolute Gasteiger partial charge is 0.244 e. The SMILES string of the molecule is CC(C)(C)C(O)CN1CCN(C(=O)Cn2cccn2)CC1. The highest BCUT2D eigenvalue weighted by Crippen LogP contribution is 2.20.